The molecule has 2 fully saturated rings. The standard InChI is InChI=1S/C26H37N7O4S.C19H23ClN6O4S.C7H15N.CH2O3.ClHS17.ClH.2K.H/c1-17-13-26(6,7)32(14-17)23-19(24(34)30-38(35,36)20-15-31(8)28-18(20)2)9-10-21(27-23)33-12-11-22(29-33)37-16-25(3,4)5;1-12-14(10-25(5)22-12)31(28,29)24-18(27)13-6-7-15(21-17(13)20)26-9-8-16(23-26)30-11-19(2,3)4;1-6-4-7(2,3)8-5-6;2-1-4-3;1-3-5-7-9-11-13-15-17-18-16-14-12-10-8-6-4-2;;;;/h9-12,15,17H,13-14,16H2,1-8H3,(H,30,34);6-10H,11H2,1-5H3,(H,24,27);6,8H,4-5H2,1-3H3;1,3H;2H;1H;;;/q;;;;;;2*+1;-1/p-1/t17-;;6-;;;;;;/m0.0....../s1. The van der Waals surface area contributed by atoms with Crippen LogP contribution in [0.5, 0.6) is 11.8 Å². The number of aryl methyl sites for hydroxylation is 4. The average Bonchev–Trinajstić information content (AvgIpc) is 1.71. The minimum absolute atomic E-state index is 0. The van der Waals surface area contributed by atoms with Gasteiger partial charge in [0.25, 0.3) is 38.3 Å². The molecule has 2 saturated heterocycles. The number of ether oxygens (including phenoxy) is 2. The second kappa shape index (κ2) is 51.0. The van der Waals surface area contributed by atoms with Gasteiger partial charge in [-0.15, -0.1) is 22.6 Å². The molecule has 0 bridgehead atoms. The van der Waals surface area contributed by atoms with Gasteiger partial charge in [0.1, 0.15) is 20.8 Å². The molecule has 0 aliphatic carbocycles. The van der Waals surface area contributed by atoms with Gasteiger partial charge in [0.15, 0.2) is 11.6 Å². The zero-order valence-corrected chi connectivity index (χ0v) is 82.8. The molecule has 6 aromatic heterocycles. The van der Waals surface area contributed by atoms with Gasteiger partial charge < -0.3 is 31.3 Å². The largest absolute Gasteiger partial charge is 1.00 e. The van der Waals surface area contributed by atoms with Crippen molar-refractivity contribution in [3.8, 4) is 23.4 Å². The first-order chi connectivity index (χ1) is 46.3. The van der Waals surface area contributed by atoms with Crippen molar-refractivity contribution in [1.82, 2.24) is 63.9 Å². The molecule has 0 aromatic carbocycles. The molecular formula is C53H79Cl3K2N14O11S19. The molecule has 25 nitrogen and oxygen atoms in total. The average molecular weight is 1880 g/mol. The van der Waals surface area contributed by atoms with E-state index in [9.17, 15) is 26.4 Å². The van der Waals surface area contributed by atoms with E-state index in [1.54, 1.807) is 200 Å². The number of rotatable bonds is 29. The summed E-state index contributed by atoms with van der Waals surface area (Å²) in [6, 6.07) is 9.57. The van der Waals surface area contributed by atoms with Crippen LogP contribution in [-0.4, -0.2) is 122 Å². The van der Waals surface area contributed by atoms with Crippen LogP contribution in [-0.2, 0) is 43.8 Å². The van der Waals surface area contributed by atoms with Crippen molar-refractivity contribution >= 4 is 248 Å². The fourth-order valence-electron chi connectivity index (χ4n) is 9.01. The third-order valence-electron chi connectivity index (χ3n) is 12.6. The van der Waals surface area contributed by atoms with Crippen molar-refractivity contribution in [1.29, 1.82) is 0 Å². The van der Waals surface area contributed by atoms with Crippen molar-refractivity contribution in [2.45, 2.75) is 131 Å². The zero-order valence-electron chi connectivity index (χ0n) is 59.6. The predicted molar refractivity (Wildman–Crippen MR) is 446 cm³/mol. The number of anilines is 1. The number of amides is 2. The SMILES string of the molecule is C[C@@H]1CNC(C)(C)C1.Cc1nn(C)cc1S(=O)(=O)NC(=O)c1ccc(-n2ccc(OCC(C)(C)C)n2)nc1Cl.Cc1nn(C)cc1S(=O)(=O)NC(=O)c1ccc(-n2ccc(OCC(C)(C)C)n2)nc1N1C[C@@H](C)CC1(C)C.Cl.O=CO[O-].SSSSSSSSSSSSSSSSSCl.[H-].[K+].[K+]. The van der Waals surface area contributed by atoms with Crippen molar-refractivity contribution < 1.29 is 155 Å². The number of carbonyl (C=O) groups is 3. The molecule has 2 aliphatic rings. The second-order valence-electron chi connectivity index (χ2n) is 24.9. The quantitative estimate of drug-likeness (QED) is 0.00495. The van der Waals surface area contributed by atoms with E-state index in [4.69, 9.17) is 46.8 Å². The van der Waals surface area contributed by atoms with Crippen LogP contribution in [0.2, 0.25) is 5.15 Å². The molecule has 0 unspecified atom stereocenters. The third-order valence-corrected chi connectivity index (χ3v) is 49.2. The Morgan fingerprint density at radius 1 is 0.676 bits per heavy atom. The Hall–Kier alpha value is 2.86. The van der Waals surface area contributed by atoms with Gasteiger partial charge in [-0.2, -0.15) is 10.2 Å². The van der Waals surface area contributed by atoms with E-state index in [0.717, 1.165) is 12.3 Å². The van der Waals surface area contributed by atoms with Gasteiger partial charge >= 0.3 is 103 Å². The minimum Gasteiger partial charge on any atom is -1.00 e. The van der Waals surface area contributed by atoms with Crippen LogP contribution in [0.1, 0.15) is 129 Å². The predicted octanol–water partition coefficient (Wildman–Crippen LogP) is 11.8. The van der Waals surface area contributed by atoms with Gasteiger partial charge in [-0.1, -0.05) is 78.7 Å². The smallest absolute Gasteiger partial charge is 1.00 e. The summed E-state index contributed by atoms with van der Waals surface area (Å²) in [4.78, 5) is 48.1. The van der Waals surface area contributed by atoms with E-state index < -0.39 is 31.9 Å². The van der Waals surface area contributed by atoms with Crippen LogP contribution in [0.3, 0.4) is 0 Å². The van der Waals surface area contributed by atoms with Crippen molar-refractivity contribution in [2.24, 2.45) is 36.8 Å². The van der Waals surface area contributed by atoms with Crippen LogP contribution in [0.15, 0.2) is 71.0 Å². The van der Waals surface area contributed by atoms with Crippen LogP contribution in [0.4, 0.5) is 5.82 Å². The molecule has 0 radical (unpaired) electrons. The fraction of sp³-hybridized carbons (Fsp3) is 0.528. The number of sulfonamides is 2. The first-order valence-electron chi connectivity index (χ1n) is 28.7. The summed E-state index contributed by atoms with van der Waals surface area (Å²) in [5.41, 5.74) is 0.740. The van der Waals surface area contributed by atoms with Gasteiger partial charge in [0.2, 0.25) is 11.8 Å². The summed E-state index contributed by atoms with van der Waals surface area (Å²) < 4.78 is 72.5. The van der Waals surface area contributed by atoms with Gasteiger partial charge in [-0.3, -0.25) is 23.7 Å². The minimum atomic E-state index is -4.14. The second-order valence-corrected chi connectivity index (χ2v) is 56.9. The molecule has 8 rings (SSSR count). The first kappa shape index (κ1) is 103. The van der Waals surface area contributed by atoms with Gasteiger partial charge in [0, 0.05) is 147 Å². The Kier molecular flexibility index (Phi) is 51.4. The van der Waals surface area contributed by atoms with E-state index >= 15 is 0 Å². The summed E-state index contributed by atoms with van der Waals surface area (Å²) in [5, 5.41) is 28.5. The Morgan fingerprint density at radius 2 is 1.08 bits per heavy atom. The Bertz CT molecular complexity index is 3760. The summed E-state index contributed by atoms with van der Waals surface area (Å²) in [6.45, 7) is 31.3. The maximum absolute atomic E-state index is 13.4. The molecular weight excluding hydrogens is 1800 g/mol. The molecule has 2 atom stereocenters. The normalized spacial score (nSPS) is 15.2. The summed E-state index contributed by atoms with van der Waals surface area (Å²) in [5.74, 6) is 1.72. The number of thiol groups is 1. The zero-order chi connectivity index (χ0) is 73.9. The monoisotopic (exact) mass is 1880 g/mol. The van der Waals surface area contributed by atoms with Crippen LogP contribution in [0, 0.1) is 36.5 Å². The van der Waals surface area contributed by atoms with Crippen molar-refractivity contribution in [3.63, 3.8) is 0 Å². The van der Waals surface area contributed by atoms with Gasteiger partial charge in [-0.05, 0) is 197 Å². The number of carbonyl (C=O) groups excluding carboxylic acids is 3. The Labute approximate surface area is 765 Å². The number of nitrogens with one attached hydrogen (secondary N) is 3. The van der Waals surface area contributed by atoms with E-state index in [0.29, 0.717) is 66.1 Å². The number of halogens is 3. The Balaban J connectivity index is 0.00000143. The fourth-order valence-corrected chi connectivity index (χ4v) is 50.1. The molecule has 564 valence electrons. The number of pyridine rings is 2. The molecule has 0 saturated carbocycles. The van der Waals surface area contributed by atoms with Crippen LogP contribution in [0.25, 0.3) is 11.6 Å². The summed E-state index contributed by atoms with van der Waals surface area (Å²) in [7, 11) is 27.6. The number of aromatic nitrogens is 10. The van der Waals surface area contributed by atoms with Crippen molar-refractivity contribution in [3.05, 3.63) is 88.9 Å². The van der Waals surface area contributed by atoms with E-state index in [2.05, 4.69) is 119 Å². The van der Waals surface area contributed by atoms with E-state index in [1.165, 1.54) is 78.3 Å². The van der Waals surface area contributed by atoms with Gasteiger partial charge in [-0.25, -0.2) is 45.6 Å². The third kappa shape index (κ3) is 38.3. The molecule has 8 heterocycles. The first-order valence-corrected chi connectivity index (χ1v) is 54.8. The maximum Gasteiger partial charge on any atom is 1.00 e. The number of hydrogen-bond acceptors (Lipinski definition) is 36. The van der Waals surface area contributed by atoms with E-state index in [1.807, 2.05) is 25.5 Å². The molecule has 49 heteroatoms. The van der Waals surface area contributed by atoms with Crippen molar-refractivity contribution in [2.75, 3.05) is 31.2 Å². The summed E-state index contributed by atoms with van der Waals surface area (Å²) >= 11 is 10.2. The number of nitrogens with zero attached hydrogens (tertiary/aromatic N) is 11. The van der Waals surface area contributed by atoms with Crippen LogP contribution >= 0.6 is 204 Å². The van der Waals surface area contributed by atoms with Gasteiger partial charge in [0.05, 0.1) is 35.7 Å². The van der Waals surface area contributed by atoms with Crippen LogP contribution < -0.4 is 137 Å². The molecule has 0 spiro atoms. The summed E-state index contributed by atoms with van der Waals surface area (Å²) in [6.07, 6.45) is 8.30. The molecule has 2 aliphatic heterocycles. The number of hydrogen-bond donors (Lipinski definition) is 4. The molecule has 3 N–H and O–H groups in total. The van der Waals surface area contributed by atoms with E-state index in [-0.39, 0.29) is 171 Å². The maximum atomic E-state index is 13.4. The molecule has 6 aromatic rings. The molecule has 2 amide bonds. The topological polar surface area (TPSA) is 307 Å². The molecule has 102 heavy (non-hydrogen) atoms. The Morgan fingerprint density at radius 3 is 1.40 bits per heavy atom.